The third-order valence-electron chi connectivity index (χ3n) is 3.03. The monoisotopic (exact) mass is 351 g/mol. The van der Waals surface area contributed by atoms with Crippen molar-refractivity contribution in [2.75, 3.05) is 0 Å². The molecule has 0 spiro atoms. The van der Waals surface area contributed by atoms with Crippen LogP contribution >= 0.6 is 15.9 Å². The van der Waals surface area contributed by atoms with Gasteiger partial charge < -0.3 is 9.88 Å². The largest absolute Gasteiger partial charge is 0.347 e. The van der Waals surface area contributed by atoms with E-state index in [2.05, 4.69) is 21.2 Å². The SMILES string of the molecule is CCn1cc([N+](=O)[O-])cc1C(=O)NCc1ccc(Br)cc1. The third-order valence-corrected chi connectivity index (χ3v) is 3.56. The van der Waals surface area contributed by atoms with Crippen molar-refractivity contribution in [3.8, 4) is 0 Å². The van der Waals surface area contributed by atoms with E-state index in [0.717, 1.165) is 10.0 Å². The molecule has 0 saturated carbocycles. The molecule has 2 aromatic rings. The molecule has 2 rings (SSSR count). The Balaban J connectivity index is 2.09. The summed E-state index contributed by atoms with van der Waals surface area (Å²) in [5.41, 5.74) is 1.17. The second-order valence-corrected chi connectivity index (χ2v) is 5.35. The Kier molecular flexibility index (Phi) is 4.74. The van der Waals surface area contributed by atoms with Crippen LogP contribution in [0.15, 0.2) is 41.0 Å². The quantitative estimate of drug-likeness (QED) is 0.664. The van der Waals surface area contributed by atoms with E-state index in [9.17, 15) is 14.9 Å². The number of carbonyl (C=O) groups is 1. The predicted molar refractivity (Wildman–Crippen MR) is 82.1 cm³/mol. The van der Waals surface area contributed by atoms with Crippen molar-refractivity contribution in [3.63, 3.8) is 0 Å². The molecule has 0 unspecified atom stereocenters. The summed E-state index contributed by atoms with van der Waals surface area (Å²) in [7, 11) is 0. The highest BCUT2D eigenvalue weighted by Crippen LogP contribution is 2.16. The number of rotatable bonds is 5. The Morgan fingerprint density at radius 3 is 2.62 bits per heavy atom. The third kappa shape index (κ3) is 3.69. The Morgan fingerprint density at radius 2 is 2.05 bits per heavy atom. The Labute approximate surface area is 130 Å². The van der Waals surface area contributed by atoms with Crippen LogP contribution in [0.3, 0.4) is 0 Å². The molecular weight excluding hydrogens is 338 g/mol. The number of nitrogens with one attached hydrogen (secondary N) is 1. The zero-order valence-electron chi connectivity index (χ0n) is 11.4. The number of aryl methyl sites for hydroxylation is 1. The van der Waals surface area contributed by atoms with Crippen LogP contribution in [0.25, 0.3) is 0 Å². The average molecular weight is 352 g/mol. The molecule has 0 fully saturated rings. The average Bonchev–Trinajstić information content (AvgIpc) is 2.91. The highest BCUT2D eigenvalue weighted by molar-refractivity contribution is 9.10. The van der Waals surface area contributed by atoms with Crippen molar-refractivity contribution < 1.29 is 9.72 Å². The molecule has 1 heterocycles. The van der Waals surface area contributed by atoms with Crippen molar-refractivity contribution in [1.29, 1.82) is 0 Å². The summed E-state index contributed by atoms with van der Waals surface area (Å²) in [6, 6.07) is 8.86. The van der Waals surface area contributed by atoms with Gasteiger partial charge in [-0.1, -0.05) is 28.1 Å². The lowest BCUT2D eigenvalue weighted by molar-refractivity contribution is -0.384. The van der Waals surface area contributed by atoms with Crippen LogP contribution in [-0.4, -0.2) is 15.4 Å². The number of nitro groups is 1. The number of benzene rings is 1. The van der Waals surface area contributed by atoms with Crippen molar-refractivity contribution in [1.82, 2.24) is 9.88 Å². The molecule has 110 valence electrons. The first-order chi connectivity index (χ1) is 10.0. The normalized spacial score (nSPS) is 10.4. The van der Waals surface area contributed by atoms with E-state index in [1.54, 1.807) is 4.57 Å². The summed E-state index contributed by atoms with van der Waals surface area (Å²) in [6.07, 6.45) is 1.37. The topological polar surface area (TPSA) is 77.2 Å². The van der Waals surface area contributed by atoms with E-state index in [0.29, 0.717) is 18.8 Å². The van der Waals surface area contributed by atoms with Gasteiger partial charge in [0.2, 0.25) is 0 Å². The van der Waals surface area contributed by atoms with Crippen molar-refractivity contribution in [2.45, 2.75) is 20.0 Å². The summed E-state index contributed by atoms with van der Waals surface area (Å²) in [5.74, 6) is -0.326. The maximum Gasteiger partial charge on any atom is 0.287 e. The molecule has 0 aliphatic carbocycles. The number of halogens is 1. The van der Waals surface area contributed by atoms with Gasteiger partial charge in [0, 0.05) is 23.6 Å². The molecule has 1 aromatic heterocycles. The van der Waals surface area contributed by atoms with Gasteiger partial charge in [-0.25, -0.2) is 0 Å². The molecule has 1 amide bonds. The van der Waals surface area contributed by atoms with Gasteiger partial charge in [0.25, 0.3) is 11.6 Å². The molecule has 0 saturated heterocycles. The molecule has 1 aromatic carbocycles. The molecule has 0 bridgehead atoms. The summed E-state index contributed by atoms with van der Waals surface area (Å²) in [6.45, 7) is 2.69. The number of carbonyl (C=O) groups excluding carboxylic acids is 1. The lowest BCUT2D eigenvalue weighted by Crippen LogP contribution is -2.25. The minimum Gasteiger partial charge on any atom is -0.347 e. The van der Waals surface area contributed by atoms with E-state index in [1.807, 2.05) is 31.2 Å². The van der Waals surface area contributed by atoms with Crippen LogP contribution in [0.4, 0.5) is 5.69 Å². The highest BCUT2D eigenvalue weighted by Gasteiger charge is 2.18. The molecule has 0 radical (unpaired) electrons. The lowest BCUT2D eigenvalue weighted by atomic mass is 10.2. The van der Waals surface area contributed by atoms with Gasteiger partial charge in [0.05, 0.1) is 11.1 Å². The summed E-state index contributed by atoms with van der Waals surface area (Å²) in [5, 5.41) is 13.5. The first kappa shape index (κ1) is 15.2. The van der Waals surface area contributed by atoms with Crippen LogP contribution in [-0.2, 0) is 13.1 Å². The number of aromatic nitrogens is 1. The van der Waals surface area contributed by atoms with E-state index in [4.69, 9.17) is 0 Å². The fourth-order valence-corrected chi connectivity index (χ4v) is 2.19. The number of hydrogen-bond donors (Lipinski definition) is 1. The van der Waals surface area contributed by atoms with Gasteiger partial charge in [-0.15, -0.1) is 0 Å². The molecule has 6 nitrogen and oxygen atoms in total. The van der Waals surface area contributed by atoms with Crippen molar-refractivity contribution in [2.24, 2.45) is 0 Å². The van der Waals surface area contributed by atoms with Gasteiger partial charge in [0.15, 0.2) is 0 Å². The van der Waals surface area contributed by atoms with Gasteiger partial charge >= 0.3 is 0 Å². The maximum absolute atomic E-state index is 12.1. The van der Waals surface area contributed by atoms with Gasteiger partial charge in [0.1, 0.15) is 5.69 Å². The summed E-state index contributed by atoms with van der Waals surface area (Å²) >= 11 is 3.34. The predicted octanol–water partition coefficient (Wildman–Crippen LogP) is 3.11. The van der Waals surface area contributed by atoms with Crippen molar-refractivity contribution in [3.05, 3.63) is 62.4 Å². The van der Waals surface area contributed by atoms with E-state index >= 15 is 0 Å². The van der Waals surface area contributed by atoms with Crippen LogP contribution in [0.5, 0.6) is 0 Å². The number of amides is 1. The molecule has 0 aliphatic rings. The molecule has 21 heavy (non-hydrogen) atoms. The van der Waals surface area contributed by atoms with Gasteiger partial charge in [-0.2, -0.15) is 0 Å². The molecule has 1 N–H and O–H groups in total. The smallest absolute Gasteiger partial charge is 0.287 e. The molecule has 7 heteroatoms. The molecular formula is C14H14BrN3O3. The molecule has 0 atom stereocenters. The fourth-order valence-electron chi connectivity index (χ4n) is 1.92. The second-order valence-electron chi connectivity index (χ2n) is 4.44. The van der Waals surface area contributed by atoms with Crippen LogP contribution in [0, 0.1) is 10.1 Å². The minimum absolute atomic E-state index is 0.0781. The fraction of sp³-hybridized carbons (Fsp3) is 0.214. The van der Waals surface area contributed by atoms with E-state index < -0.39 is 4.92 Å². The summed E-state index contributed by atoms with van der Waals surface area (Å²) in [4.78, 5) is 22.4. The van der Waals surface area contributed by atoms with Gasteiger partial charge in [-0.3, -0.25) is 14.9 Å². The number of nitrogens with zero attached hydrogens (tertiary/aromatic N) is 2. The zero-order chi connectivity index (χ0) is 15.4. The standard InChI is InChI=1S/C14H14BrN3O3/c1-2-17-9-12(18(20)21)7-13(17)14(19)16-8-10-3-5-11(15)6-4-10/h3-7,9H,2,8H2,1H3,(H,16,19). The second kappa shape index (κ2) is 6.53. The first-order valence-electron chi connectivity index (χ1n) is 6.38. The molecule has 0 aliphatic heterocycles. The van der Waals surface area contributed by atoms with Crippen LogP contribution in [0.1, 0.15) is 23.0 Å². The Hall–Kier alpha value is -2.15. The zero-order valence-corrected chi connectivity index (χ0v) is 13.0. The minimum atomic E-state index is -0.502. The van der Waals surface area contributed by atoms with Crippen LogP contribution < -0.4 is 5.32 Å². The Bertz CT molecular complexity index is 665. The van der Waals surface area contributed by atoms with Gasteiger partial charge in [-0.05, 0) is 24.6 Å². The first-order valence-corrected chi connectivity index (χ1v) is 7.17. The Morgan fingerprint density at radius 1 is 1.38 bits per heavy atom. The van der Waals surface area contributed by atoms with E-state index in [1.165, 1.54) is 12.3 Å². The van der Waals surface area contributed by atoms with Crippen LogP contribution in [0.2, 0.25) is 0 Å². The highest BCUT2D eigenvalue weighted by atomic mass is 79.9. The summed E-state index contributed by atoms with van der Waals surface area (Å²) < 4.78 is 2.53. The van der Waals surface area contributed by atoms with Crippen molar-refractivity contribution >= 4 is 27.5 Å². The maximum atomic E-state index is 12.1. The van der Waals surface area contributed by atoms with E-state index in [-0.39, 0.29) is 11.6 Å². The lowest BCUT2D eigenvalue weighted by Gasteiger charge is -2.07. The number of hydrogen-bond acceptors (Lipinski definition) is 3.